The van der Waals surface area contributed by atoms with Crippen LogP contribution in [0.15, 0.2) is 18.3 Å². The van der Waals surface area contributed by atoms with Crippen LogP contribution in [0.1, 0.15) is 39.2 Å². The van der Waals surface area contributed by atoms with Gasteiger partial charge < -0.3 is 14.5 Å². The van der Waals surface area contributed by atoms with Crippen molar-refractivity contribution in [2.24, 2.45) is 5.92 Å². The Morgan fingerprint density at radius 1 is 1.32 bits per heavy atom. The summed E-state index contributed by atoms with van der Waals surface area (Å²) in [5.41, 5.74) is -1.47. The molecule has 1 amide bonds. The molecule has 1 fully saturated rings. The number of carbonyl (C=O) groups is 2. The van der Waals surface area contributed by atoms with E-state index in [1.165, 1.54) is 29.1 Å². The van der Waals surface area contributed by atoms with Gasteiger partial charge in [-0.2, -0.15) is 13.2 Å². The SMILES string of the molecule is CN(CC(=O)OC(C)(C)C)C(=O)C1CCCN(c2ncccc2C(F)(F)F)C1. The fourth-order valence-corrected chi connectivity index (χ4v) is 3.20. The molecule has 1 aromatic heterocycles. The van der Waals surface area contributed by atoms with Crippen molar-refractivity contribution in [1.82, 2.24) is 9.88 Å². The highest BCUT2D eigenvalue weighted by Gasteiger charge is 2.37. The third-order valence-electron chi connectivity index (χ3n) is 4.32. The molecule has 0 N–H and O–H groups in total. The minimum Gasteiger partial charge on any atom is -0.459 e. The van der Waals surface area contributed by atoms with Crippen LogP contribution in [0.5, 0.6) is 0 Å². The third kappa shape index (κ3) is 5.84. The van der Waals surface area contributed by atoms with Crippen LogP contribution in [-0.4, -0.2) is 54.0 Å². The minimum atomic E-state index is -4.52. The summed E-state index contributed by atoms with van der Waals surface area (Å²) in [6, 6.07) is 2.23. The van der Waals surface area contributed by atoms with Gasteiger partial charge in [-0.3, -0.25) is 9.59 Å². The summed E-state index contributed by atoms with van der Waals surface area (Å²) in [5, 5.41) is 0. The number of amides is 1. The van der Waals surface area contributed by atoms with Crippen molar-refractivity contribution in [2.75, 3.05) is 31.6 Å². The minimum absolute atomic E-state index is 0.123. The molecule has 1 aromatic rings. The first kappa shape index (κ1) is 22.0. The van der Waals surface area contributed by atoms with Gasteiger partial charge in [0.1, 0.15) is 18.0 Å². The molecule has 28 heavy (non-hydrogen) atoms. The molecular formula is C19H26F3N3O3. The van der Waals surface area contributed by atoms with E-state index in [1.54, 1.807) is 20.8 Å². The Bertz CT molecular complexity index is 716. The van der Waals surface area contributed by atoms with E-state index in [0.29, 0.717) is 19.4 Å². The number of nitrogens with zero attached hydrogens (tertiary/aromatic N) is 3. The van der Waals surface area contributed by atoms with E-state index in [1.807, 2.05) is 0 Å². The van der Waals surface area contributed by atoms with Crippen LogP contribution in [0, 0.1) is 5.92 Å². The molecule has 0 saturated carbocycles. The Morgan fingerprint density at radius 3 is 2.61 bits per heavy atom. The first-order valence-corrected chi connectivity index (χ1v) is 9.12. The molecule has 0 bridgehead atoms. The number of halogens is 3. The second-order valence-electron chi connectivity index (χ2n) is 7.94. The largest absolute Gasteiger partial charge is 0.459 e. The van der Waals surface area contributed by atoms with Crippen LogP contribution >= 0.6 is 0 Å². The lowest BCUT2D eigenvalue weighted by Crippen LogP contribution is -2.46. The van der Waals surface area contributed by atoms with Crippen LogP contribution in [0.2, 0.25) is 0 Å². The summed E-state index contributed by atoms with van der Waals surface area (Å²) in [5.74, 6) is -1.49. The van der Waals surface area contributed by atoms with Crippen molar-refractivity contribution in [3.8, 4) is 0 Å². The van der Waals surface area contributed by atoms with E-state index in [9.17, 15) is 22.8 Å². The summed E-state index contributed by atoms with van der Waals surface area (Å²) in [6.07, 6.45) is -2.11. The standard InChI is InChI=1S/C19H26F3N3O3/c1-18(2,3)28-15(26)12-24(4)17(27)13-7-6-10-25(11-13)16-14(19(20,21)22)8-5-9-23-16/h5,8-9,13H,6-7,10-12H2,1-4H3. The molecule has 1 unspecified atom stereocenters. The number of piperidine rings is 1. The molecule has 9 heteroatoms. The number of esters is 1. The summed E-state index contributed by atoms with van der Waals surface area (Å²) in [7, 11) is 1.49. The average molecular weight is 401 g/mol. The molecule has 1 aliphatic heterocycles. The molecular weight excluding hydrogens is 375 g/mol. The van der Waals surface area contributed by atoms with Gasteiger partial charge in [-0.15, -0.1) is 0 Å². The fraction of sp³-hybridized carbons (Fsp3) is 0.632. The predicted molar refractivity (Wildman–Crippen MR) is 97.7 cm³/mol. The number of pyridine rings is 1. The molecule has 156 valence electrons. The normalized spacial score (nSPS) is 18.0. The molecule has 0 aromatic carbocycles. The Labute approximate surface area is 162 Å². The lowest BCUT2D eigenvalue weighted by molar-refractivity contribution is -0.159. The molecule has 1 aliphatic rings. The molecule has 1 saturated heterocycles. The summed E-state index contributed by atoms with van der Waals surface area (Å²) in [4.78, 5) is 31.3. The van der Waals surface area contributed by atoms with Crippen LogP contribution in [-0.2, 0) is 20.5 Å². The number of alkyl halides is 3. The number of rotatable bonds is 4. The van der Waals surface area contributed by atoms with Gasteiger partial charge in [0.15, 0.2) is 0 Å². The van der Waals surface area contributed by atoms with Crippen LogP contribution < -0.4 is 4.90 Å². The maximum atomic E-state index is 13.3. The molecule has 0 radical (unpaired) electrons. The summed E-state index contributed by atoms with van der Waals surface area (Å²) < 4.78 is 45.0. The van der Waals surface area contributed by atoms with E-state index in [4.69, 9.17) is 4.74 Å². The number of carbonyl (C=O) groups excluding carboxylic acids is 2. The lowest BCUT2D eigenvalue weighted by Gasteiger charge is -2.35. The van der Waals surface area contributed by atoms with Crippen LogP contribution in [0.25, 0.3) is 0 Å². The first-order chi connectivity index (χ1) is 12.9. The number of likely N-dealkylation sites (N-methyl/N-ethyl adjacent to an activating group) is 1. The van der Waals surface area contributed by atoms with E-state index in [-0.39, 0.29) is 24.8 Å². The number of aromatic nitrogens is 1. The van der Waals surface area contributed by atoms with Gasteiger partial charge in [0.2, 0.25) is 5.91 Å². The Balaban J connectivity index is 2.07. The quantitative estimate of drug-likeness (QED) is 0.726. The predicted octanol–water partition coefficient (Wildman–Crippen LogP) is 3.12. The Kier molecular flexibility index (Phi) is 6.56. The highest BCUT2D eigenvalue weighted by molar-refractivity contribution is 5.84. The zero-order valence-corrected chi connectivity index (χ0v) is 16.5. The van der Waals surface area contributed by atoms with Crippen LogP contribution in [0.3, 0.4) is 0 Å². The van der Waals surface area contributed by atoms with Crippen LogP contribution in [0.4, 0.5) is 19.0 Å². The Morgan fingerprint density at radius 2 is 2.00 bits per heavy atom. The molecule has 0 spiro atoms. The summed E-state index contributed by atoms with van der Waals surface area (Å²) in [6.45, 7) is 5.51. The lowest BCUT2D eigenvalue weighted by atomic mass is 9.96. The van der Waals surface area contributed by atoms with Gasteiger partial charge in [-0.05, 0) is 45.7 Å². The highest BCUT2D eigenvalue weighted by atomic mass is 19.4. The zero-order valence-electron chi connectivity index (χ0n) is 16.5. The monoisotopic (exact) mass is 401 g/mol. The van der Waals surface area contributed by atoms with Crippen molar-refractivity contribution in [2.45, 2.75) is 45.4 Å². The fourth-order valence-electron chi connectivity index (χ4n) is 3.20. The van der Waals surface area contributed by atoms with E-state index >= 15 is 0 Å². The second kappa shape index (κ2) is 8.36. The maximum Gasteiger partial charge on any atom is 0.419 e. The topological polar surface area (TPSA) is 62.7 Å². The van der Waals surface area contributed by atoms with Crippen molar-refractivity contribution >= 4 is 17.7 Å². The van der Waals surface area contributed by atoms with Gasteiger partial charge >= 0.3 is 12.1 Å². The van der Waals surface area contributed by atoms with E-state index in [0.717, 1.165) is 6.07 Å². The van der Waals surface area contributed by atoms with Gasteiger partial charge in [0.05, 0.1) is 11.5 Å². The maximum absolute atomic E-state index is 13.3. The zero-order chi connectivity index (χ0) is 21.1. The van der Waals surface area contributed by atoms with Crippen molar-refractivity contribution in [3.05, 3.63) is 23.9 Å². The van der Waals surface area contributed by atoms with Gasteiger partial charge in [-0.25, -0.2) is 4.98 Å². The van der Waals surface area contributed by atoms with E-state index < -0.39 is 29.2 Å². The Hall–Kier alpha value is -2.32. The van der Waals surface area contributed by atoms with Crippen molar-refractivity contribution < 1.29 is 27.5 Å². The van der Waals surface area contributed by atoms with Gasteiger partial charge in [0, 0.05) is 26.3 Å². The average Bonchev–Trinajstić information content (AvgIpc) is 2.58. The number of hydrogen-bond acceptors (Lipinski definition) is 5. The highest BCUT2D eigenvalue weighted by Crippen LogP contribution is 2.36. The number of hydrogen-bond donors (Lipinski definition) is 0. The molecule has 2 heterocycles. The smallest absolute Gasteiger partial charge is 0.419 e. The van der Waals surface area contributed by atoms with Crippen molar-refractivity contribution in [1.29, 1.82) is 0 Å². The molecule has 1 atom stereocenters. The molecule has 6 nitrogen and oxygen atoms in total. The van der Waals surface area contributed by atoms with Gasteiger partial charge in [-0.1, -0.05) is 0 Å². The van der Waals surface area contributed by atoms with Gasteiger partial charge in [0.25, 0.3) is 0 Å². The molecule has 2 rings (SSSR count). The summed E-state index contributed by atoms with van der Waals surface area (Å²) >= 11 is 0. The number of anilines is 1. The second-order valence-corrected chi connectivity index (χ2v) is 7.94. The number of ether oxygens (including phenoxy) is 1. The van der Waals surface area contributed by atoms with Crippen molar-refractivity contribution in [3.63, 3.8) is 0 Å². The third-order valence-corrected chi connectivity index (χ3v) is 4.32. The first-order valence-electron chi connectivity index (χ1n) is 9.12. The van der Waals surface area contributed by atoms with E-state index in [2.05, 4.69) is 4.98 Å². The molecule has 0 aliphatic carbocycles.